The van der Waals surface area contributed by atoms with E-state index >= 15 is 0 Å². The summed E-state index contributed by atoms with van der Waals surface area (Å²) in [5.74, 6) is 0.332. The summed E-state index contributed by atoms with van der Waals surface area (Å²) < 4.78 is 1.78. The maximum atomic E-state index is 13.1. The van der Waals surface area contributed by atoms with E-state index < -0.39 is 6.17 Å². The molecule has 0 saturated carbocycles. The molecule has 0 saturated heterocycles. The Hall–Kier alpha value is -2.80. The number of benzene rings is 2. The fraction of sp³-hybridized carbons (Fsp3) is 0.400. The normalized spacial score (nSPS) is 15.7. The molecule has 1 aliphatic heterocycles. The number of aromatic hydroxyl groups is 1. The molecule has 1 aliphatic rings. The first-order valence-corrected chi connectivity index (χ1v) is 12.0. The minimum absolute atomic E-state index is 0.172. The Bertz CT molecular complexity index is 1220. The van der Waals surface area contributed by atoms with Crippen molar-refractivity contribution >= 4 is 17.4 Å². The fourth-order valence-corrected chi connectivity index (χ4v) is 4.53. The monoisotopic (exact) mass is 451 g/mol. The molecule has 2 heterocycles. The molecule has 168 valence electrons. The van der Waals surface area contributed by atoms with Crippen LogP contribution in [0.3, 0.4) is 0 Å². The molecule has 4 rings (SSSR count). The second-order valence-electron chi connectivity index (χ2n) is 10.3. The highest BCUT2D eigenvalue weighted by atomic mass is 32.2. The molecule has 3 N–H and O–H groups in total. The van der Waals surface area contributed by atoms with Crippen LogP contribution in [0.1, 0.15) is 64.4 Å². The number of H-pyrrole nitrogens is 1. The molecule has 0 radical (unpaired) electrons. The van der Waals surface area contributed by atoms with E-state index in [1.165, 1.54) is 11.8 Å². The first-order valence-electron chi connectivity index (χ1n) is 10.8. The first-order chi connectivity index (χ1) is 14.9. The zero-order valence-corrected chi connectivity index (χ0v) is 20.5. The fourth-order valence-electron chi connectivity index (χ4n) is 4.16. The average Bonchev–Trinajstić information content (AvgIpc) is 2.71. The van der Waals surface area contributed by atoms with Crippen molar-refractivity contribution in [1.82, 2.24) is 10.1 Å². The summed E-state index contributed by atoms with van der Waals surface area (Å²) >= 11 is 1.40. The number of hydrogen-bond acceptors (Lipinski definition) is 5. The van der Waals surface area contributed by atoms with Gasteiger partial charge in [0.2, 0.25) is 5.16 Å². The lowest BCUT2D eigenvalue weighted by Gasteiger charge is -2.30. The van der Waals surface area contributed by atoms with Crippen LogP contribution in [0.4, 0.5) is 5.69 Å². The second kappa shape index (κ2) is 7.66. The van der Waals surface area contributed by atoms with Crippen LogP contribution >= 0.6 is 11.8 Å². The Morgan fingerprint density at radius 2 is 1.62 bits per heavy atom. The van der Waals surface area contributed by atoms with Gasteiger partial charge in [0.25, 0.3) is 6.17 Å². The van der Waals surface area contributed by atoms with Crippen LogP contribution in [0.15, 0.2) is 46.3 Å². The first kappa shape index (κ1) is 22.4. The Morgan fingerprint density at radius 1 is 1.03 bits per heavy atom. The molecule has 6 nitrogen and oxygen atoms in total. The number of nitrogens with zero attached hydrogens (tertiary/aromatic N) is 2. The standard InChI is InChI=1S/C25H30N4O2S/c1-24(2,3)16-12-14(13-17(20(16)30)25(4,5)6)21-26-18-11-9-8-10-15(18)19-22(31)27-23(32-7)28-29(19)21/h8-13,21H,1-7H3,(H2,27,28,30,31)/p+1/t21-/m1/s1. The third-order valence-corrected chi connectivity index (χ3v) is 6.41. The Kier molecular flexibility index (Phi) is 5.36. The van der Waals surface area contributed by atoms with Crippen LogP contribution in [0, 0.1) is 0 Å². The van der Waals surface area contributed by atoms with Gasteiger partial charge >= 0.3 is 11.3 Å². The summed E-state index contributed by atoms with van der Waals surface area (Å²) in [6.45, 7) is 12.6. The van der Waals surface area contributed by atoms with Crippen molar-refractivity contribution in [3.05, 3.63) is 63.4 Å². The molecule has 0 amide bonds. The Labute approximate surface area is 193 Å². The number of nitrogens with one attached hydrogen (secondary N) is 2. The van der Waals surface area contributed by atoms with Crippen LogP contribution in [0.2, 0.25) is 0 Å². The number of phenols is 1. The summed E-state index contributed by atoms with van der Waals surface area (Å²) in [7, 11) is 0. The third kappa shape index (κ3) is 3.79. The second-order valence-corrected chi connectivity index (χ2v) is 11.1. The van der Waals surface area contributed by atoms with E-state index in [-0.39, 0.29) is 16.4 Å². The maximum absolute atomic E-state index is 13.1. The summed E-state index contributed by atoms with van der Waals surface area (Å²) in [6, 6.07) is 11.8. The van der Waals surface area contributed by atoms with Crippen molar-refractivity contribution in [2.75, 3.05) is 11.6 Å². The topological polar surface area (TPSA) is 81.9 Å². The Balaban J connectivity index is 2.03. The van der Waals surface area contributed by atoms with Crippen molar-refractivity contribution in [3.8, 4) is 17.0 Å². The maximum Gasteiger partial charge on any atom is 0.325 e. The van der Waals surface area contributed by atoms with E-state index in [0.717, 1.165) is 27.9 Å². The van der Waals surface area contributed by atoms with Crippen molar-refractivity contribution in [1.29, 1.82) is 0 Å². The molecule has 0 unspecified atom stereocenters. The van der Waals surface area contributed by atoms with Crippen LogP contribution < -0.4 is 15.6 Å². The van der Waals surface area contributed by atoms with Gasteiger partial charge in [-0.1, -0.05) is 65.4 Å². The molecule has 0 bridgehead atoms. The van der Waals surface area contributed by atoms with Crippen LogP contribution in [0.5, 0.6) is 5.75 Å². The van der Waals surface area contributed by atoms with Crippen LogP contribution in [-0.2, 0) is 10.8 Å². The van der Waals surface area contributed by atoms with Gasteiger partial charge in [-0.15, -0.1) is 0 Å². The van der Waals surface area contributed by atoms with Crippen molar-refractivity contribution in [2.45, 2.75) is 63.7 Å². The number of thioether (sulfide) groups is 1. The molecule has 1 atom stereocenters. The van der Waals surface area contributed by atoms with Crippen molar-refractivity contribution in [2.24, 2.45) is 0 Å². The molecule has 7 heteroatoms. The zero-order chi connectivity index (χ0) is 23.4. The van der Waals surface area contributed by atoms with Gasteiger partial charge < -0.3 is 10.4 Å². The smallest absolute Gasteiger partial charge is 0.325 e. The minimum Gasteiger partial charge on any atom is -0.507 e. The molecule has 2 aromatic carbocycles. The lowest BCUT2D eigenvalue weighted by atomic mass is 9.78. The number of fused-ring (bicyclic) bond motifs is 3. The van der Waals surface area contributed by atoms with E-state index in [4.69, 9.17) is 5.10 Å². The lowest BCUT2D eigenvalue weighted by molar-refractivity contribution is -0.759. The summed E-state index contributed by atoms with van der Waals surface area (Å²) in [5, 5.41) is 20.0. The van der Waals surface area contributed by atoms with Gasteiger partial charge in [-0.2, -0.15) is 0 Å². The Morgan fingerprint density at radius 3 is 2.19 bits per heavy atom. The summed E-state index contributed by atoms with van der Waals surface area (Å²) in [5.41, 5.74) is 4.22. The van der Waals surface area contributed by atoms with E-state index in [9.17, 15) is 9.90 Å². The molecule has 1 aromatic heterocycles. The van der Waals surface area contributed by atoms with Gasteiger partial charge in [-0.05, 0) is 46.0 Å². The SMILES string of the molecule is CSc1n[n+]2c(c(=O)[nH]1)-c1ccccc1N[C@H]2c1cc(C(C)(C)C)c(O)c(C(C)(C)C)c1. The molecule has 0 aliphatic carbocycles. The molecule has 3 aromatic rings. The molecular formula is C25H31N4O2S+. The van der Waals surface area contributed by atoms with Gasteiger partial charge in [0.1, 0.15) is 5.75 Å². The third-order valence-electron chi connectivity index (χ3n) is 5.84. The highest BCUT2D eigenvalue weighted by Crippen LogP contribution is 2.42. The number of phenolic OH excluding ortho intramolecular Hbond substituents is 1. The number of aromatic nitrogens is 3. The van der Waals surface area contributed by atoms with E-state index in [1.807, 2.05) is 42.7 Å². The summed E-state index contributed by atoms with van der Waals surface area (Å²) in [6.07, 6.45) is 1.50. The predicted molar refractivity (Wildman–Crippen MR) is 130 cm³/mol. The molecule has 32 heavy (non-hydrogen) atoms. The highest BCUT2D eigenvalue weighted by Gasteiger charge is 2.39. The van der Waals surface area contributed by atoms with Crippen LogP contribution in [0.25, 0.3) is 11.3 Å². The molecular weight excluding hydrogens is 420 g/mol. The predicted octanol–water partition coefficient (Wildman–Crippen LogP) is 4.72. The van der Waals surface area contributed by atoms with Gasteiger partial charge in [0.15, 0.2) is 0 Å². The van der Waals surface area contributed by atoms with Gasteiger partial charge in [0, 0.05) is 21.8 Å². The molecule has 0 fully saturated rings. The quantitative estimate of drug-likeness (QED) is 0.388. The highest BCUT2D eigenvalue weighted by molar-refractivity contribution is 7.98. The minimum atomic E-state index is -0.393. The van der Waals surface area contributed by atoms with E-state index in [2.05, 4.69) is 51.8 Å². The number of aromatic amines is 1. The summed E-state index contributed by atoms with van der Waals surface area (Å²) in [4.78, 5) is 16.0. The lowest BCUT2D eigenvalue weighted by Crippen LogP contribution is -2.55. The largest absolute Gasteiger partial charge is 0.507 e. The number of hydrogen-bond donors (Lipinski definition) is 3. The van der Waals surface area contributed by atoms with Gasteiger partial charge in [-0.3, -0.25) is 9.78 Å². The van der Waals surface area contributed by atoms with Gasteiger partial charge in [0.05, 0.1) is 11.3 Å². The number of rotatable bonds is 2. The molecule has 0 spiro atoms. The zero-order valence-electron chi connectivity index (χ0n) is 19.7. The van der Waals surface area contributed by atoms with Crippen molar-refractivity contribution in [3.63, 3.8) is 0 Å². The van der Waals surface area contributed by atoms with Crippen molar-refractivity contribution < 1.29 is 9.79 Å². The number of anilines is 1. The van der Waals surface area contributed by atoms with Gasteiger partial charge in [-0.25, -0.2) is 0 Å². The van der Waals surface area contributed by atoms with E-state index in [1.54, 1.807) is 4.68 Å². The average molecular weight is 452 g/mol. The van der Waals surface area contributed by atoms with Crippen LogP contribution in [-0.4, -0.2) is 21.4 Å². The number of para-hydroxylation sites is 1. The van der Waals surface area contributed by atoms with E-state index in [0.29, 0.717) is 16.6 Å².